The average Bonchev–Trinajstić information content (AvgIpc) is 2.47. The monoisotopic (exact) mass is 428 g/mol. The van der Waals surface area contributed by atoms with Crippen molar-refractivity contribution >= 4 is 34.7 Å². The summed E-state index contributed by atoms with van der Waals surface area (Å²) in [5.41, 5.74) is -0.486. The summed E-state index contributed by atoms with van der Waals surface area (Å²) in [7, 11) is 0. The number of nitro groups is 2. The van der Waals surface area contributed by atoms with Crippen LogP contribution in [-0.4, -0.2) is 39.9 Å². The Labute approximate surface area is 166 Å². The van der Waals surface area contributed by atoms with E-state index in [-0.39, 0.29) is 24.3 Å². The highest BCUT2D eigenvalue weighted by atomic mass is 32.8. The fourth-order valence-electron chi connectivity index (χ4n) is 0.700. The highest BCUT2D eigenvalue weighted by molar-refractivity contribution is 8.07. The third-order valence-electron chi connectivity index (χ3n) is 2.02. The van der Waals surface area contributed by atoms with E-state index in [4.69, 9.17) is 24.3 Å². The predicted octanol–water partition coefficient (Wildman–Crippen LogP) is 1.32. The zero-order valence-corrected chi connectivity index (χ0v) is 17.5. The minimum Gasteiger partial charge on any atom is -0.386 e. The second-order valence-corrected chi connectivity index (χ2v) is 6.53. The van der Waals surface area contributed by atoms with Crippen molar-refractivity contribution in [3.63, 3.8) is 0 Å². The highest BCUT2D eigenvalue weighted by Crippen LogP contribution is 2.18. The van der Waals surface area contributed by atoms with Gasteiger partial charge in [-0.25, -0.2) is 0 Å². The largest absolute Gasteiger partial charge is 0.386 e. The van der Waals surface area contributed by atoms with Gasteiger partial charge in [-0.2, -0.15) is 19.2 Å². The van der Waals surface area contributed by atoms with Crippen molar-refractivity contribution in [3.05, 3.63) is 32.5 Å². The molecule has 0 radical (unpaired) electrons. The molecule has 0 aromatic heterocycles. The van der Waals surface area contributed by atoms with Crippen molar-refractivity contribution in [2.75, 3.05) is 6.54 Å². The van der Waals surface area contributed by atoms with Gasteiger partial charge in [-0.1, -0.05) is 41.5 Å². The summed E-state index contributed by atoms with van der Waals surface area (Å²) in [6.07, 6.45) is 2.18. The molecule has 0 aliphatic heterocycles. The molecule has 0 aromatic rings. The Kier molecular flexibility index (Phi) is 28.8. The molecule has 0 aliphatic rings. The fraction of sp³-hybridized carbons (Fsp3) is 0.714. The van der Waals surface area contributed by atoms with Crippen LogP contribution < -0.4 is 0 Å². The van der Waals surface area contributed by atoms with Gasteiger partial charge in [0.15, 0.2) is 0 Å². The number of allylic oxidation sites excluding steroid dienone is 1. The second kappa shape index (κ2) is 21.7. The molecule has 0 heterocycles. The molecule has 0 amide bonds. The van der Waals surface area contributed by atoms with Crippen LogP contribution in [0.15, 0.2) is 12.3 Å². The maximum atomic E-state index is 9.90. The van der Waals surface area contributed by atoms with Gasteiger partial charge in [-0.3, -0.25) is 20.2 Å². The zero-order valence-electron chi connectivity index (χ0n) is 15.9. The van der Waals surface area contributed by atoms with Crippen molar-refractivity contribution in [1.29, 1.82) is 0 Å². The van der Waals surface area contributed by atoms with Gasteiger partial charge < -0.3 is 5.11 Å². The summed E-state index contributed by atoms with van der Waals surface area (Å²) < 4.78 is 0. The molecule has 0 aromatic carbocycles. The molecule has 27 heavy (non-hydrogen) atoms. The molecular formula is C14H24N2O9S2. The molecule has 0 spiro atoms. The first-order valence-corrected chi connectivity index (χ1v) is 8.20. The molecule has 0 saturated heterocycles. The van der Waals surface area contributed by atoms with Crippen LogP contribution in [-0.2, 0) is 41.6 Å². The number of hydrogen-bond donors (Lipinski definition) is 1. The topological polar surface area (TPSA) is 175 Å². The Morgan fingerprint density at radius 3 is 1.33 bits per heavy atom. The maximum absolute atomic E-state index is 9.90. The number of carbonyl (C=O) groups excluding carboxylic acids is 4. The predicted molar refractivity (Wildman–Crippen MR) is 97.7 cm³/mol. The summed E-state index contributed by atoms with van der Waals surface area (Å²) in [5.74, 6) is 0. The van der Waals surface area contributed by atoms with E-state index in [1.807, 2.05) is 20.8 Å². The van der Waals surface area contributed by atoms with E-state index in [0.717, 1.165) is 6.20 Å². The van der Waals surface area contributed by atoms with Gasteiger partial charge in [0.25, 0.3) is 0 Å². The minimum atomic E-state index is -0.859. The molecule has 1 unspecified atom stereocenters. The normalized spacial score (nSPS) is 10.3. The van der Waals surface area contributed by atoms with E-state index in [0.29, 0.717) is 0 Å². The van der Waals surface area contributed by atoms with Crippen molar-refractivity contribution in [3.8, 4) is 0 Å². The molecule has 11 nitrogen and oxygen atoms in total. The summed E-state index contributed by atoms with van der Waals surface area (Å²) in [5, 5.41) is 28.8. The molecule has 13 heteroatoms. The van der Waals surface area contributed by atoms with Crippen LogP contribution in [0.1, 0.15) is 41.5 Å². The molecule has 156 valence electrons. The summed E-state index contributed by atoms with van der Waals surface area (Å²) in [4.78, 5) is 51.2. The van der Waals surface area contributed by atoms with E-state index >= 15 is 0 Å². The fourth-order valence-corrected chi connectivity index (χ4v) is 0.700. The maximum Gasteiger partial charge on any atom is 0.373 e. The first-order valence-electron chi connectivity index (χ1n) is 6.87. The van der Waals surface area contributed by atoms with Crippen LogP contribution in [0.4, 0.5) is 0 Å². The number of rotatable bonds is 3. The lowest BCUT2D eigenvalue weighted by Crippen LogP contribution is -2.32. The molecule has 0 bridgehead atoms. The van der Waals surface area contributed by atoms with Crippen LogP contribution in [0.2, 0.25) is 0 Å². The molecule has 1 N–H and O–H groups in total. The first kappa shape index (κ1) is 35.7. The van der Waals surface area contributed by atoms with Crippen LogP contribution >= 0.6 is 0 Å². The number of aliphatic hydroxyl groups is 1. The van der Waals surface area contributed by atoms with E-state index in [1.54, 1.807) is 26.8 Å². The highest BCUT2D eigenvalue weighted by Gasteiger charge is 2.26. The molecule has 0 rings (SSSR count). The Balaban J connectivity index is -0.0000000866. The minimum absolute atomic E-state index is 0.0902. The van der Waals surface area contributed by atoms with Crippen molar-refractivity contribution < 1.29 is 34.1 Å². The van der Waals surface area contributed by atoms with Gasteiger partial charge in [0.2, 0.25) is 12.7 Å². The Hall–Kier alpha value is -2.30. The SMILES string of the molecule is CC(C)(C)/C=C/[N+](=O)[O-].CC(C)(C)C(O)C[N+](=O)[O-].O=C=O.O=C=O.S=S. The Bertz CT molecular complexity index is 488. The summed E-state index contributed by atoms with van der Waals surface area (Å²) in [6.45, 7) is 10.7. The second-order valence-electron chi connectivity index (χ2n) is 6.53. The van der Waals surface area contributed by atoms with Gasteiger partial charge in [0.1, 0.15) is 6.10 Å². The van der Waals surface area contributed by atoms with Crippen LogP contribution in [0.5, 0.6) is 0 Å². The van der Waals surface area contributed by atoms with Gasteiger partial charge >= 0.3 is 12.3 Å². The van der Waals surface area contributed by atoms with Gasteiger partial charge in [0.05, 0.1) is 4.92 Å². The molecular weight excluding hydrogens is 404 g/mol. The van der Waals surface area contributed by atoms with Crippen LogP contribution in [0, 0.1) is 31.1 Å². The van der Waals surface area contributed by atoms with Crippen LogP contribution in [0.3, 0.4) is 0 Å². The van der Waals surface area contributed by atoms with Gasteiger partial charge in [-0.05, 0) is 16.9 Å². The lowest BCUT2D eigenvalue weighted by atomic mass is 9.89. The van der Waals surface area contributed by atoms with Gasteiger partial charge in [0, 0.05) is 27.3 Å². The summed E-state index contributed by atoms with van der Waals surface area (Å²) >= 11 is 7.33. The molecule has 1 atom stereocenters. The van der Waals surface area contributed by atoms with E-state index in [2.05, 4.69) is 22.4 Å². The van der Waals surface area contributed by atoms with Crippen molar-refractivity contribution in [1.82, 2.24) is 0 Å². The van der Waals surface area contributed by atoms with Crippen molar-refractivity contribution in [2.45, 2.75) is 47.6 Å². The summed E-state index contributed by atoms with van der Waals surface area (Å²) in [6, 6.07) is 0. The quantitative estimate of drug-likeness (QED) is 0.506. The Morgan fingerprint density at radius 1 is 0.963 bits per heavy atom. The lowest BCUT2D eigenvalue weighted by Gasteiger charge is -2.21. The molecule has 0 fully saturated rings. The van der Waals surface area contributed by atoms with Crippen LogP contribution in [0.25, 0.3) is 0 Å². The third-order valence-corrected chi connectivity index (χ3v) is 2.02. The lowest BCUT2D eigenvalue weighted by molar-refractivity contribution is -0.493. The standard InChI is InChI=1S/C6H13NO3.C6H11NO2.2CO2.S2/c1-6(2,3)5(8)4-7(9)10;1-6(2,3)4-5-7(8)9;2*2-1-3;1-2/h5,8H,4H2,1-3H3;4-5H,1-3H3;;;/b;5-4+;;;. The smallest absolute Gasteiger partial charge is 0.373 e. The van der Waals surface area contributed by atoms with Crippen molar-refractivity contribution in [2.24, 2.45) is 10.8 Å². The zero-order chi connectivity index (χ0) is 23.3. The molecule has 0 saturated carbocycles. The Morgan fingerprint density at radius 2 is 1.26 bits per heavy atom. The number of hydrogen-bond acceptors (Lipinski definition) is 11. The average molecular weight is 428 g/mol. The van der Waals surface area contributed by atoms with E-state index < -0.39 is 21.4 Å². The van der Waals surface area contributed by atoms with Gasteiger partial charge in [-0.15, -0.1) is 0 Å². The first-order chi connectivity index (χ1) is 12.1. The molecule has 0 aliphatic carbocycles. The third kappa shape index (κ3) is 59.5. The number of aliphatic hydroxyl groups excluding tert-OH is 1. The van der Waals surface area contributed by atoms with E-state index in [1.165, 1.54) is 0 Å². The number of nitrogens with zero attached hydrogens (tertiary/aromatic N) is 2. The van der Waals surface area contributed by atoms with E-state index in [9.17, 15) is 20.2 Å².